The number of nitrogens with one attached hydrogen (secondary N) is 1. The molecule has 1 heterocycles. The van der Waals surface area contributed by atoms with Gasteiger partial charge in [-0.15, -0.1) is 0 Å². The van der Waals surface area contributed by atoms with E-state index in [1.165, 1.54) is 0 Å². The molecule has 0 unspecified atom stereocenters. The Labute approximate surface area is 241 Å². The number of esters is 1. The Morgan fingerprint density at radius 1 is 0.829 bits per heavy atom. The lowest BCUT2D eigenvalue weighted by Crippen LogP contribution is -2.37. The first kappa shape index (κ1) is 28.6. The van der Waals surface area contributed by atoms with Crippen LogP contribution in [-0.2, 0) is 14.3 Å². The highest BCUT2D eigenvalue weighted by Crippen LogP contribution is 2.49. The molecular formula is C33H39NO7. The van der Waals surface area contributed by atoms with Gasteiger partial charge >= 0.3 is 5.97 Å². The normalized spacial score (nSPS) is 21.1. The van der Waals surface area contributed by atoms with E-state index in [-0.39, 0.29) is 17.8 Å². The Kier molecular flexibility index (Phi) is 8.57. The van der Waals surface area contributed by atoms with Crippen LogP contribution < -0.4 is 24.3 Å². The maximum Gasteiger partial charge on any atom is 0.337 e. The number of carbonyl (C=O) groups is 2. The molecule has 1 fully saturated rings. The molecule has 1 aliphatic heterocycles. The van der Waals surface area contributed by atoms with Gasteiger partial charge in [0.2, 0.25) is 5.75 Å². The summed E-state index contributed by atoms with van der Waals surface area (Å²) < 4.78 is 28.2. The van der Waals surface area contributed by atoms with E-state index in [2.05, 4.69) is 5.32 Å². The van der Waals surface area contributed by atoms with Crippen LogP contribution in [0.25, 0.3) is 0 Å². The van der Waals surface area contributed by atoms with E-state index in [0.717, 1.165) is 49.1 Å². The number of rotatable bonds is 8. The zero-order chi connectivity index (χ0) is 29.1. The van der Waals surface area contributed by atoms with Crippen molar-refractivity contribution in [2.24, 2.45) is 0 Å². The second kappa shape index (κ2) is 12.3. The van der Waals surface area contributed by atoms with Crippen molar-refractivity contribution in [3.05, 3.63) is 70.1 Å². The predicted molar refractivity (Wildman–Crippen MR) is 155 cm³/mol. The number of carbonyl (C=O) groups excluding carboxylic acids is 2. The van der Waals surface area contributed by atoms with Crippen molar-refractivity contribution < 1.29 is 33.3 Å². The van der Waals surface area contributed by atoms with Crippen molar-refractivity contribution in [1.82, 2.24) is 5.32 Å². The van der Waals surface area contributed by atoms with Gasteiger partial charge in [0, 0.05) is 29.3 Å². The number of ether oxygens (including phenoxy) is 5. The predicted octanol–water partition coefficient (Wildman–Crippen LogP) is 5.96. The standard InChI is InChI=1S/C33H39NO7/c1-19-29(33(36)41-24-9-7-6-8-10-24)30(22-17-27(38-3)32(40-5)28(18-22)39-4)31-25(34-19)15-21(16-26(31)35)20-11-13-23(37-2)14-12-20/h11-14,17-18,21,24,30,34H,6-10,15-16H2,1-5H3/t21-,30-/m1/s1. The third-order valence-electron chi connectivity index (χ3n) is 8.48. The average molecular weight is 562 g/mol. The minimum Gasteiger partial charge on any atom is -0.497 e. The molecule has 41 heavy (non-hydrogen) atoms. The third kappa shape index (κ3) is 5.65. The Morgan fingerprint density at radius 2 is 1.49 bits per heavy atom. The first-order valence-electron chi connectivity index (χ1n) is 14.3. The highest BCUT2D eigenvalue weighted by atomic mass is 16.5. The number of benzene rings is 2. The summed E-state index contributed by atoms with van der Waals surface area (Å²) in [6, 6.07) is 11.5. The summed E-state index contributed by atoms with van der Waals surface area (Å²) in [5.74, 6) is 1.10. The Morgan fingerprint density at radius 3 is 2.07 bits per heavy atom. The second-order valence-electron chi connectivity index (χ2n) is 10.9. The number of allylic oxidation sites excluding steroid dienone is 3. The molecule has 3 aliphatic rings. The van der Waals surface area contributed by atoms with Crippen molar-refractivity contribution in [3.8, 4) is 23.0 Å². The van der Waals surface area contributed by atoms with E-state index >= 15 is 0 Å². The van der Waals surface area contributed by atoms with Gasteiger partial charge in [-0.1, -0.05) is 18.6 Å². The summed E-state index contributed by atoms with van der Waals surface area (Å²) in [4.78, 5) is 27.9. The van der Waals surface area contributed by atoms with Crippen molar-refractivity contribution in [1.29, 1.82) is 0 Å². The highest BCUT2D eigenvalue weighted by Gasteiger charge is 2.42. The van der Waals surface area contributed by atoms with Gasteiger partial charge in [-0.2, -0.15) is 0 Å². The summed E-state index contributed by atoms with van der Waals surface area (Å²) in [7, 11) is 6.29. The minimum atomic E-state index is -0.639. The zero-order valence-electron chi connectivity index (χ0n) is 24.5. The molecule has 2 aromatic carbocycles. The van der Waals surface area contributed by atoms with Gasteiger partial charge in [0.1, 0.15) is 11.9 Å². The molecule has 0 amide bonds. The van der Waals surface area contributed by atoms with E-state index in [1.54, 1.807) is 28.4 Å². The molecule has 1 saturated carbocycles. The molecule has 0 aromatic heterocycles. The lowest BCUT2D eigenvalue weighted by molar-refractivity contribution is -0.146. The summed E-state index contributed by atoms with van der Waals surface area (Å²) in [5.41, 5.74) is 4.32. The van der Waals surface area contributed by atoms with Gasteiger partial charge in [-0.25, -0.2) is 4.79 Å². The number of ketones is 1. The van der Waals surface area contributed by atoms with Crippen LogP contribution in [0.5, 0.6) is 23.0 Å². The quantitative estimate of drug-likeness (QED) is 0.395. The molecule has 218 valence electrons. The van der Waals surface area contributed by atoms with Crippen molar-refractivity contribution in [3.63, 3.8) is 0 Å². The van der Waals surface area contributed by atoms with Crippen LogP contribution in [0.1, 0.15) is 74.8 Å². The number of hydrogen-bond acceptors (Lipinski definition) is 8. The van der Waals surface area contributed by atoms with E-state index in [4.69, 9.17) is 23.7 Å². The van der Waals surface area contributed by atoms with Gasteiger partial charge in [0.05, 0.1) is 34.0 Å². The van der Waals surface area contributed by atoms with E-state index in [0.29, 0.717) is 52.5 Å². The molecule has 0 saturated heterocycles. The van der Waals surface area contributed by atoms with Crippen molar-refractivity contribution in [2.75, 3.05) is 28.4 Å². The van der Waals surface area contributed by atoms with Crippen molar-refractivity contribution in [2.45, 2.75) is 69.8 Å². The fourth-order valence-corrected chi connectivity index (χ4v) is 6.42. The Balaban J connectivity index is 1.59. The van der Waals surface area contributed by atoms with E-state index < -0.39 is 11.9 Å². The van der Waals surface area contributed by atoms with Gasteiger partial charge < -0.3 is 29.0 Å². The summed E-state index contributed by atoms with van der Waals surface area (Å²) >= 11 is 0. The van der Waals surface area contributed by atoms with Gasteiger partial charge in [-0.3, -0.25) is 4.79 Å². The van der Waals surface area contributed by atoms with Crippen LogP contribution in [-0.4, -0.2) is 46.3 Å². The van der Waals surface area contributed by atoms with Crippen LogP contribution >= 0.6 is 0 Å². The van der Waals surface area contributed by atoms with Crippen LogP contribution in [0.4, 0.5) is 0 Å². The molecule has 2 aliphatic carbocycles. The van der Waals surface area contributed by atoms with Gasteiger partial charge in [0.25, 0.3) is 0 Å². The fraction of sp³-hybridized carbons (Fsp3) is 0.455. The number of Topliss-reactive ketones (excluding diaryl/α,β-unsaturated/α-hetero) is 1. The Bertz CT molecular complexity index is 1340. The maximum absolute atomic E-state index is 14.0. The van der Waals surface area contributed by atoms with Crippen molar-refractivity contribution >= 4 is 11.8 Å². The van der Waals surface area contributed by atoms with E-state index in [1.807, 2.05) is 43.3 Å². The summed E-state index contributed by atoms with van der Waals surface area (Å²) in [6.07, 6.45) is 5.82. The molecule has 2 aromatic rings. The molecular weight excluding hydrogens is 522 g/mol. The van der Waals surface area contributed by atoms with Gasteiger partial charge in [-0.05, 0) is 80.3 Å². The molecule has 1 N–H and O–H groups in total. The average Bonchev–Trinajstić information content (AvgIpc) is 2.99. The molecule has 2 atom stereocenters. The zero-order valence-corrected chi connectivity index (χ0v) is 24.5. The minimum absolute atomic E-state index is 0.00351. The lowest BCUT2D eigenvalue weighted by atomic mass is 9.71. The number of dihydropyridines is 1. The monoisotopic (exact) mass is 561 g/mol. The highest BCUT2D eigenvalue weighted by molar-refractivity contribution is 6.04. The SMILES string of the molecule is COc1ccc([C@H]2CC(=O)C3=C(C2)NC(C)=C(C(=O)OC2CCCCC2)[C@H]3c2cc(OC)c(OC)c(OC)c2)cc1. The third-order valence-corrected chi connectivity index (χ3v) is 8.48. The lowest BCUT2D eigenvalue weighted by Gasteiger charge is -2.37. The molecule has 8 heteroatoms. The first-order chi connectivity index (χ1) is 19.9. The summed E-state index contributed by atoms with van der Waals surface area (Å²) in [5, 5.41) is 3.44. The summed E-state index contributed by atoms with van der Waals surface area (Å²) in [6.45, 7) is 1.88. The molecule has 8 nitrogen and oxygen atoms in total. The van der Waals surface area contributed by atoms with Crippen LogP contribution in [0.3, 0.4) is 0 Å². The van der Waals surface area contributed by atoms with Crippen LogP contribution in [0.2, 0.25) is 0 Å². The molecule has 0 radical (unpaired) electrons. The smallest absolute Gasteiger partial charge is 0.337 e. The first-order valence-corrected chi connectivity index (χ1v) is 14.3. The topological polar surface area (TPSA) is 92.3 Å². The van der Waals surface area contributed by atoms with Gasteiger partial charge in [0.15, 0.2) is 17.3 Å². The largest absolute Gasteiger partial charge is 0.497 e. The number of methoxy groups -OCH3 is 4. The Hall–Kier alpha value is -3.94. The second-order valence-corrected chi connectivity index (χ2v) is 10.9. The maximum atomic E-state index is 14.0. The van der Waals surface area contributed by atoms with Crippen LogP contribution in [0, 0.1) is 0 Å². The molecule has 0 spiro atoms. The molecule has 0 bridgehead atoms. The van der Waals surface area contributed by atoms with E-state index in [9.17, 15) is 9.59 Å². The molecule has 5 rings (SSSR count). The fourth-order valence-electron chi connectivity index (χ4n) is 6.42. The van der Waals surface area contributed by atoms with Crippen LogP contribution in [0.15, 0.2) is 58.9 Å². The number of hydrogen-bond donors (Lipinski definition) is 1.